The lowest BCUT2D eigenvalue weighted by Crippen LogP contribution is -2.07. The lowest BCUT2D eigenvalue weighted by molar-refractivity contribution is -0.0645. The van der Waals surface area contributed by atoms with E-state index >= 15 is 0 Å². The van der Waals surface area contributed by atoms with Gasteiger partial charge in [-0.25, -0.2) is 0 Å². The van der Waals surface area contributed by atoms with Crippen LogP contribution in [0.5, 0.6) is 0 Å². The minimum atomic E-state index is 0.0705. The zero-order valence-electron chi connectivity index (χ0n) is 7.57. The van der Waals surface area contributed by atoms with Gasteiger partial charge in [-0.05, 0) is 5.56 Å². The molecule has 1 atom stereocenters. The van der Waals surface area contributed by atoms with Crippen molar-refractivity contribution in [3.8, 4) is 0 Å². The van der Waals surface area contributed by atoms with Crippen LogP contribution in [0.25, 0.3) is 0 Å². The van der Waals surface area contributed by atoms with Crippen molar-refractivity contribution < 1.29 is 9.47 Å². The summed E-state index contributed by atoms with van der Waals surface area (Å²) in [4.78, 5) is 0. The first-order valence-electron chi connectivity index (χ1n) is 4.10. The van der Waals surface area contributed by atoms with Gasteiger partial charge in [0.05, 0.1) is 6.10 Å². The Bertz CT molecular complexity index is 226. The van der Waals surface area contributed by atoms with E-state index in [4.69, 9.17) is 9.47 Å². The Kier molecular flexibility index (Phi) is 5.05. The zero-order valence-corrected chi connectivity index (χ0v) is 9.16. The third kappa shape index (κ3) is 3.46. The van der Waals surface area contributed by atoms with Crippen molar-refractivity contribution in [3.63, 3.8) is 0 Å². The van der Waals surface area contributed by atoms with Gasteiger partial charge in [-0.15, -0.1) is 0 Å². The van der Waals surface area contributed by atoms with Crippen LogP contribution in [0.3, 0.4) is 0 Å². The number of methoxy groups -OCH3 is 1. The Morgan fingerprint density at radius 3 is 2.54 bits per heavy atom. The van der Waals surface area contributed by atoms with Crippen molar-refractivity contribution >= 4 is 15.9 Å². The first-order chi connectivity index (χ1) is 6.38. The highest BCUT2D eigenvalue weighted by molar-refractivity contribution is 9.09. The fourth-order valence-electron chi connectivity index (χ4n) is 1.05. The summed E-state index contributed by atoms with van der Waals surface area (Å²) >= 11 is 3.40. The molecule has 0 N–H and O–H groups in total. The van der Waals surface area contributed by atoms with E-state index in [2.05, 4.69) is 15.9 Å². The third-order valence-electron chi connectivity index (χ3n) is 1.70. The van der Waals surface area contributed by atoms with E-state index in [0.717, 1.165) is 10.9 Å². The highest BCUT2D eigenvalue weighted by atomic mass is 79.9. The number of hydrogen-bond acceptors (Lipinski definition) is 2. The van der Waals surface area contributed by atoms with E-state index in [-0.39, 0.29) is 6.10 Å². The zero-order chi connectivity index (χ0) is 9.52. The third-order valence-corrected chi connectivity index (χ3v) is 2.29. The second-order valence-corrected chi connectivity index (χ2v) is 3.27. The molecule has 0 saturated carbocycles. The minimum Gasteiger partial charge on any atom is -0.359 e. The normalized spacial score (nSPS) is 12.8. The molecule has 0 heterocycles. The molecule has 0 aromatic heterocycles. The predicted molar refractivity (Wildman–Crippen MR) is 55.9 cm³/mol. The van der Waals surface area contributed by atoms with Crippen LogP contribution in [0.4, 0.5) is 0 Å². The Morgan fingerprint density at radius 2 is 2.00 bits per heavy atom. The molecule has 3 heteroatoms. The maximum Gasteiger partial charge on any atom is 0.147 e. The summed E-state index contributed by atoms with van der Waals surface area (Å²) in [7, 11) is 1.62. The monoisotopic (exact) mass is 244 g/mol. The fraction of sp³-hybridized carbons (Fsp3) is 0.400. The molecule has 0 fully saturated rings. The summed E-state index contributed by atoms with van der Waals surface area (Å²) < 4.78 is 10.3. The average Bonchev–Trinajstić information content (AvgIpc) is 2.21. The van der Waals surface area contributed by atoms with Gasteiger partial charge >= 0.3 is 0 Å². The van der Waals surface area contributed by atoms with Gasteiger partial charge in [-0.2, -0.15) is 0 Å². The molecule has 0 saturated heterocycles. The van der Waals surface area contributed by atoms with Gasteiger partial charge in [0, 0.05) is 12.4 Å². The van der Waals surface area contributed by atoms with Gasteiger partial charge in [-0.3, -0.25) is 0 Å². The van der Waals surface area contributed by atoms with E-state index in [1.807, 2.05) is 30.3 Å². The predicted octanol–water partition coefficient (Wildman–Crippen LogP) is 2.74. The van der Waals surface area contributed by atoms with Crippen molar-refractivity contribution in [2.75, 3.05) is 19.2 Å². The summed E-state index contributed by atoms with van der Waals surface area (Å²) in [5.74, 6) is 0. The summed E-state index contributed by atoms with van der Waals surface area (Å²) in [6.07, 6.45) is 0.0705. The fourth-order valence-corrected chi connectivity index (χ4v) is 1.61. The van der Waals surface area contributed by atoms with Gasteiger partial charge in [0.15, 0.2) is 0 Å². The van der Waals surface area contributed by atoms with Crippen LogP contribution < -0.4 is 0 Å². The Balaban J connectivity index is 2.56. The van der Waals surface area contributed by atoms with Crippen LogP contribution in [-0.2, 0) is 9.47 Å². The first kappa shape index (κ1) is 10.7. The van der Waals surface area contributed by atoms with Crippen molar-refractivity contribution in [2.45, 2.75) is 6.10 Å². The molecule has 0 aliphatic heterocycles. The molecule has 0 amide bonds. The average molecular weight is 245 g/mol. The second-order valence-electron chi connectivity index (χ2n) is 2.63. The molecular formula is C10H13BrO2. The molecule has 0 aliphatic carbocycles. The van der Waals surface area contributed by atoms with Crippen molar-refractivity contribution in [1.29, 1.82) is 0 Å². The lowest BCUT2D eigenvalue weighted by Gasteiger charge is -2.14. The van der Waals surface area contributed by atoms with Gasteiger partial charge in [-0.1, -0.05) is 46.3 Å². The van der Waals surface area contributed by atoms with Crippen LogP contribution in [-0.4, -0.2) is 19.2 Å². The molecule has 2 nitrogen and oxygen atoms in total. The number of benzene rings is 1. The summed E-state index contributed by atoms with van der Waals surface area (Å²) in [5.41, 5.74) is 1.16. The van der Waals surface area contributed by atoms with E-state index in [9.17, 15) is 0 Å². The van der Waals surface area contributed by atoms with E-state index in [1.54, 1.807) is 7.11 Å². The van der Waals surface area contributed by atoms with Crippen LogP contribution >= 0.6 is 15.9 Å². The minimum absolute atomic E-state index is 0.0705. The Labute approximate surface area is 87.0 Å². The number of hydrogen-bond donors (Lipinski definition) is 0. The van der Waals surface area contributed by atoms with Gasteiger partial charge in [0.2, 0.25) is 0 Å². The molecule has 0 bridgehead atoms. The number of halogens is 1. The van der Waals surface area contributed by atoms with E-state index < -0.39 is 0 Å². The molecule has 1 aromatic carbocycles. The van der Waals surface area contributed by atoms with Crippen LogP contribution in [0.15, 0.2) is 30.3 Å². The van der Waals surface area contributed by atoms with Crippen molar-refractivity contribution in [2.24, 2.45) is 0 Å². The molecule has 1 rings (SSSR count). The smallest absolute Gasteiger partial charge is 0.147 e. The van der Waals surface area contributed by atoms with Crippen molar-refractivity contribution in [1.82, 2.24) is 0 Å². The highest BCUT2D eigenvalue weighted by Gasteiger charge is 2.08. The topological polar surface area (TPSA) is 18.5 Å². The molecule has 13 heavy (non-hydrogen) atoms. The Hall–Kier alpha value is -0.380. The SMILES string of the molecule is COCO[C@@H](CBr)c1ccccc1. The molecule has 0 spiro atoms. The molecule has 0 aliphatic rings. The number of rotatable bonds is 5. The molecule has 0 unspecified atom stereocenters. The largest absolute Gasteiger partial charge is 0.359 e. The van der Waals surface area contributed by atoms with Gasteiger partial charge < -0.3 is 9.47 Å². The quantitative estimate of drug-likeness (QED) is 0.586. The summed E-state index contributed by atoms with van der Waals surface area (Å²) in [6, 6.07) is 10.1. The Morgan fingerprint density at radius 1 is 1.31 bits per heavy atom. The van der Waals surface area contributed by atoms with E-state index in [0.29, 0.717) is 6.79 Å². The highest BCUT2D eigenvalue weighted by Crippen LogP contribution is 2.18. The first-order valence-corrected chi connectivity index (χ1v) is 5.22. The molecule has 0 radical (unpaired) electrons. The summed E-state index contributed by atoms with van der Waals surface area (Å²) in [6.45, 7) is 0.325. The standard InChI is InChI=1S/C10H13BrO2/c1-12-8-13-10(7-11)9-5-3-2-4-6-9/h2-6,10H,7-8H2,1H3/t10-/m0/s1. The van der Waals surface area contributed by atoms with Crippen LogP contribution in [0.1, 0.15) is 11.7 Å². The van der Waals surface area contributed by atoms with E-state index in [1.165, 1.54) is 0 Å². The molecular weight excluding hydrogens is 232 g/mol. The second kappa shape index (κ2) is 6.13. The maximum absolute atomic E-state index is 5.46. The van der Waals surface area contributed by atoms with Gasteiger partial charge in [0.1, 0.15) is 6.79 Å². The molecule has 1 aromatic rings. The molecule has 72 valence electrons. The maximum atomic E-state index is 5.46. The van der Waals surface area contributed by atoms with Crippen LogP contribution in [0.2, 0.25) is 0 Å². The van der Waals surface area contributed by atoms with Gasteiger partial charge in [0.25, 0.3) is 0 Å². The number of ether oxygens (including phenoxy) is 2. The number of alkyl halides is 1. The van der Waals surface area contributed by atoms with Crippen LogP contribution in [0, 0.1) is 0 Å². The van der Waals surface area contributed by atoms with Crippen molar-refractivity contribution in [3.05, 3.63) is 35.9 Å². The summed E-state index contributed by atoms with van der Waals surface area (Å²) in [5, 5.41) is 0.778. The lowest BCUT2D eigenvalue weighted by atomic mass is 10.1.